The van der Waals surface area contributed by atoms with Crippen molar-refractivity contribution in [3.05, 3.63) is 52.8 Å². The molecule has 1 saturated heterocycles. The molecular weight excluding hydrogens is 423 g/mol. The molecule has 0 unspecified atom stereocenters. The highest BCUT2D eigenvalue weighted by atomic mass is 19.1. The third-order valence-electron chi connectivity index (χ3n) is 6.98. The van der Waals surface area contributed by atoms with Gasteiger partial charge in [-0.3, -0.25) is 4.79 Å². The first kappa shape index (κ1) is 20.1. The van der Waals surface area contributed by atoms with E-state index in [1.807, 2.05) is 6.92 Å². The summed E-state index contributed by atoms with van der Waals surface area (Å²) in [4.78, 5) is 34.4. The highest BCUT2D eigenvalue weighted by molar-refractivity contribution is 5.82. The zero-order valence-corrected chi connectivity index (χ0v) is 18.4. The number of H-pyrrole nitrogens is 1. The van der Waals surface area contributed by atoms with Crippen molar-refractivity contribution in [3.8, 4) is 0 Å². The summed E-state index contributed by atoms with van der Waals surface area (Å²) in [6.07, 6.45) is 8.21. The van der Waals surface area contributed by atoms with E-state index in [9.17, 15) is 9.18 Å². The van der Waals surface area contributed by atoms with Crippen LogP contribution in [0.15, 0.2) is 35.6 Å². The van der Waals surface area contributed by atoms with E-state index in [1.165, 1.54) is 31.7 Å². The fraction of sp³-hybridized carbons (Fsp3) is 0.435. The van der Waals surface area contributed by atoms with Crippen molar-refractivity contribution in [1.82, 2.24) is 29.6 Å². The van der Waals surface area contributed by atoms with Crippen molar-refractivity contribution < 1.29 is 4.39 Å². The molecule has 3 aromatic heterocycles. The molecule has 10 heteroatoms. The Labute approximate surface area is 189 Å². The molecular formula is C23H25FN8O. The van der Waals surface area contributed by atoms with Crippen LogP contribution in [0.5, 0.6) is 0 Å². The number of imidazole rings is 1. The Morgan fingerprint density at radius 3 is 2.94 bits per heavy atom. The number of fused-ring (bicyclic) bond motifs is 2. The van der Waals surface area contributed by atoms with Gasteiger partial charge in [0.25, 0.3) is 5.56 Å². The highest BCUT2D eigenvalue weighted by Gasteiger charge is 2.46. The summed E-state index contributed by atoms with van der Waals surface area (Å²) in [5.41, 5.74) is 1.52. The molecule has 1 aliphatic heterocycles. The van der Waals surface area contributed by atoms with E-state index >= 15 is 0 Å². The number of benzene rings is 1. The lowest BCUT2D eigenvalue weighted by atomic mass is 9.96. The van der Waals surface area contributed by atoms with Gasteiger partial charge >= 0.3 is 0 Å². The number of anilines is 1. The number of halogens is 1. The maximum Gasteiger partial charge on any atom is 0.283 e. The van der Waals surface area contributed by atoms with Gasteiger partial charge in [0.2, 0.25) is 0 Å². The molecule has 2 aliphatic rings. The largest absolute Gasteiger partial charge is 0.358 e. The van der Waals surface area contributed by atoms with Crippen molar-refractivity contribution in [2.75, 3.05) is 23.4 Å². The van der Waals surface area contributed by atoms with E-state index in [0.29, 0.717) is 34.7 Å². The highest BCUT2D eigenvalue weighted by Crippen LogP contribution is 2.51. The average Bonchev–Trinajstić information content (AvgIpc) is 3.36. The minimum absolute atomic E-state index is 0.0308. The van der Waals surface area contributed by atoms with E-state index < -0.39 is 5.82 Å². The molecule has 33 heavy (non-hydrogen) atoms. The second kappa shape index (κ2) is 7.50. The van der Waals surface area contributed by atoms with Crippen LogP contribution in [-0.4, -0.2) is 42.7 Å². The quantitative estimate of drug-likeness (QED) is 0.483. The second-order valence-corrected chi connectivity index (χ2v) is 9.14. The van der Waals surface area contributed by atoms with E-state index in [1.54, 1.807) is 23.1 Å². The molecule has 2 N–H and O–H groups in total. The van der Waals surface area contributed by atoms with Crippen molar-refractivity contribution in [3.63, 3.8) is 0 Å². The predicted molar refractivity (Wildman–Crippen MR) is 123 cm³/mol. The Bertz CT molecular complexity index is 1410. The van der Waals surface area contributed by atoms with Gasteiger partial charge in [-0.1, -0.05) is 13.0 Å². The number of aromatic nitrogens is 6. The van der Waals surface area contributed by atoms with Gasteiger partial charge in [-0.05, 0) is 49.7 Å². The molecule has 1 atom stereocenters. The van der Waals surface area contributed by atoms with Gasteiger partial charge < -0.3 is 15.3 Å². The van der Waals surface area contributed by atoms with Gasteiger partial charge in [-0.15, -0.1) is 0 Å². The molecule has 9 nitrogen and oxygen atoms in total. The topological polar surface area (TPSA) is 105 Å². The van der Waals surface area contributed by atoms with Crippen molar-refractivity contribution in [2.24, 2.45) is 5.41 Å². The Morgan fingerprint density at radius 1 is 1.24 bits per heavy atom. The molecule has 1 saturated carbocycles. The van der Waals surface area contributed by atoms with Crippen molar-refractivity contribution >= 4 is 27.9 Å². The van der Waals surface area contributed by atoms with E-state index in [-0.39, 0.29) is 22.4 Å². The SMILES string of the molecule is CC[C@H](Nc1ncnc2[nH]cnc12)c1nc2cccc(F)c2c(=O)n1N1CCCC2(CC2)C1. The summed E-state index contributed by atoms with van der Waals surface area (Å²) < 4.78 is 16.4. The Kier molecular flexibility index (Phi) is 4.56. The molecule has 4 aromatic rings. The number of nitrogens with zero attached hydrogens (tertiary/aromatic N) is 6. The number of rotatable bonds is 5. The van der Waals surface area contributed by atoms with E-state index in [2.05, 4.69) is 30.3 Å². The van der Waals surface area contributed by atoms with Crippen molar-refractivity contribution in [2.45, 2.75) is 45.1 Å². The minimum Gasteiger partial charge on any atom is -0.358 e. The fourth-order valence-corrected chi connectivity index (χ4v) is 5.02. The summed E-state index contributed by atoms with van der Waals surface area (Å²) in [6, 6.07) is 4.26. The summed E-state index contributed by atoms with van der Waals surface area (Å²) in [5.74, 6) is 0.574. The molecule has 1 spiro atoms. The lowest BCUT2D eigenvalue weighted by Gasteiger charge is -2.37. The summed E-state index contributed by atoms with van der Waals surface area (Å²) in [6.45, 7) is 3.55. The zero-order valence-electron chi connectivity index (χ0n) is 18.4. The fourth-order valence-electron chi connectivity index (χ4n) is 5.02. The molecule has 4 heterocycles. The lowest BCUT2D eigenvalue weighted by molar-refractivity contribution is 0.334. The molecule has 0 amide bonds. The smallest absolute Gasteiger partial charge is 0.283 e. The number of hydrogen-bond acceptors (Lipinski definition) is 7. The molecule has 0 bridgehead atoms. The van der Waals surface area contributed by atoms with Crippen LogP contribution in [0.25, 0.3) is 22.1 Å². The maximum absolute atomic E-state index is 14.7. The van der Waals surface area contributed by atoms with Crippen LogP contribution >= 0.6 is 0 Å². The molecule has 1 aromatic carbocycles. The third kappa shape index (κ3) is 3.32. The standard InChI is InChI=1S/C23H25FN8O/c1-2-15(29-20-18-19(26-12-25-18)27-13-28-20)21-30-16-6-3-5-14(24)17(16)22(33)32(21)31-10-4-7-23(11-31)8-9-23/h3,5-6,12-13,15H,2,4,7-11H2,1H3,(H2,25,26,27,28,29)/t15-/m0/s1. The van der Waals surface area contributed by atoms with Crippen molar-refractivity contribution in [1.29, 1.82) is 0 Å². The third-order valence-corrected chi connectivity index (χ3v) is 6.98. The first-order valence-electron chi connectivity index (χ1n) is 11.5. The van der Waals surface area contributed by atoms with Crippen LogP contribution in [0.3, 0.4) is 0 Å². The average molecular weight is 449 g/mol. The zero-order chi connectivity index (χ0) is 22.6. The van der Waals surface area contributed by atoms with Gasteiger partial charge in [-0.25, -0.2) is 29.0 Å². The van der Waals surface area contributed by atoms with Gasteiger partial charge in [0.1, 0.15) is 23.0 Å². The van der Waals surface area contributed by atoms with Crippen LogP contribution in [0.2, 0.25) is 0 Å². The normalized spacial score (nSPS) is 18.2. The summed E-state index contributed by atoms with van der Waals surface area (Å²) >= 11 is 0. The number of nitrogens with one attached hydrogen (secondary N) is 2. The molecule has 0 radical (unpaired) electrons. The predicted octanol–water partition coefficient (Wildman–Crippen LogP) is 3.28. The molecule has 1 aliphatic carbocycles. The molecule has 6 rings (SSSR count). The Hall–Kier alpha value is -3.56. The van der Waals surface area contributed by atoms with Crippen LogP contribution in [0.4, 0.5) is 10.2 Å². The van der Waals surface area contributed by atoms with Gasteiger partial charge in [-0.2, -0.15) is 0 Å². The maximum atomic E-state index is 14.7. The lowest BCUT2D eigenvalue weighted by Crippen LogP contribution is -2.51. The first-order valence-corrected chi connectivity index (χ1v) is 11.5. The number of piperidine rings is 1. The van der Waals surface area contributed by atoms with Gasteiger partial charge in [0.15, 0.2) is 17.3 Å². The minimum atomic E-state index is -0.543. The van der Waals surface area contributed by atoms with Crippen LogP contribution < -0.4 is 15.9 Å². The molecule has 170 valence electrons. The summed E-state index contributed by atoms with van der Waals surface area (Å²) in [7, 11) is 0. The van der Waals surface area contributed by atoms with Gasteiger partial charge in [0, 0.05) is 13.1 Å². The Morgan fingerprint density at radius 2 is 2.12 bits per heavy atom. The molecule has 2 fully saturated rings. The van der Waals surface area contributed by atoms with Gasteiger partial charge in [0.05, 0.1) is 17.9 Å². The number of aromatic amines is 1. The summed E-state index contributed by atoms with van der Waals surface area (Å²) in [5, 5.41) is 5.52. The van der Waals surface area contributed by atoms with E-state index in [4.69, 9.17) is 4.98 Å². The first-order chi connectivity index (χ1) is 16.1. The van der Waals surface area contributed by atoms with Crippen LogP contribution in [0, 0.1) is 11.2 Å². The second-order valence-electron chi connectivity index (χ2n) is 9.14. The van der Waals surface area contributed by atoms with Crippen LogP contribution in [0.1, 0.15) is 50.9 Å². The van der Waals surface area contributed by atoms with E-state index in [0.717, 1.165) is 19.5 Å². The van der Waals surface area contributed by atoms with Crippen LogP contribution in [-0.2, 0) is 0 Å². The Balaban J connectivity index is 1.51. The number of hydrogen-bond donors (Lipinski definition) is 2. The monoisotopic (exact) mass is 448 g/mol.